The summed E-state index contributed by atoms with van der Waals surface area (Å²) >= 11 is 0.801. The summed E-state index contributed by atoms with van der Waals surface area (Å²) in [5.74, 6) is -2.30. The summed E-state index contributed by atoms with van der Waals surface area (Å²) in [5, 5.41) is 12.9. The number of hydrogen-bond acceptors (Lipinski definition) is 6. The first-order valence-electron chi connectivity index (χ1n) is 7.45. The molecule has 0 aliphatic carbocycles. The van der Waals surface area contributed by atoms with E-state index in [0.717, 1.165) is 11.8 Å². The first-order valence-corrected chi connectivity index (χ1v) is 8.33. The molecule has 0 bridgehead atoms. The number of carboxylic acids is 1. The summed E-state index contributed by atoms with van der Waals surface area (Å²) in [6.45, 7) is 2.65. The van der Waals surface area contributed by atoms with Crippen LogP contribution in [0.25, 0.3) is 0 Å². The second kappa shape index (κ2) is 8.30. The minimum Gasteiger partial charge on any atom is -0.480 e. The SMILES string of the molecule is CC(=O)Nc1nc(S[C@H](C)C(=O)O)[nH]c(=O)c1NC(=O)c1ccccc1. The number of aromatic nitrogens is 2. The van der Waals surface area contributed by atoms with Crippen LogP contribution in [-0.2, 0) is 9.59 Å². The van der Waals surface area contributed by atoms with Gasteiger partial charge in [0, 0.05) is 12.5 Å². The zero-order chi connectivity index (χ0) is 19.3. The molecule has 0 saturated carbocycles. The van der Waals surface area contributed by atoms with Crippen LogP contribution >= 0.6 is 11.8 Å². The maximum Gasteiger partial charge on any atom is 0.316 e. The molecule has 9 nitrogen and oxygen atoms in total. The molecule has 0 aliphatic heterocycles. The first kappa shape index (κ1) is 19.2. The number of anilines is 2. The molecule has 0 aliphatic rings. The van der Waals surface area contributed by atoms with E-state index in [1.807, 2.05) is 0 Å². The van der Waals surface area contributed by atoms with Crippen LogP contribution in [0.2, 0.25) is 0 Å². The van der Waals surface area contributed by atoms with Gasteiger partial charge in [0.05, 0.1) is 0 Å². The Kier molecular flexibility index (Phi) is 6.12. The fraction of sp³-hybridized carbons (Fsp3) is 0.188. The lowest BCUT2D eigenvalue weighted by molar-refractivity contribution is -0.136. The summed E-state index contributed by atoms with van der Waals surface area (Å²) in [7, 11) is 0. The molecule has 2 rings (SSSR count). The van der Waals surface area contributed by atoms with Crippen LogP contribution in [0.15, 0.2) is 40.3 Å². The van der Waals surface area contributed by atoms with E-state index in [1.54, 1.807) is 30.3 Å². The van der Waals surface area contributed by atoms with Gasteiger partial charge in [-0.05, 0) is 19.1 Å². The van der Waals surface area contributed by atoms with Crippen molar-refractivity contribution in [1.82, 2.24) is 9.97 Å². The number of thioether (sulfide) groups is 1. The Hall–Kier alpha value is -3.14. The van der Waals surface area contributed by atoms with Gasteiger partial charge in [-0.3, -0.25) is 24.2 Å². The number of nitrogens with zero attached hydrogens (tertiary/aromatic N) is 1. The molecule has 4 N–H and O–H groups in total. The number of nitrogens with one attached hydrogen (secondary N) is 3. The average Bonchev–Trinajstić information content (AvgIpc) is 2.58. The number of rotatable bonds is 6. The maximum atomic E-state index is 12.3. The Bertz CT molecular complexity index is 897. The maximum absolute atomic E-state index is 12.3. The number of aliphatic carboxylic acids is 1. The molecule has 0 fully saturated rings. The summed E-state index contributed by atoms with van der Waals surface area (Å²) in [6.07, 6.45) is 0. The lowest BCUT2D eigenvalue weighted by Crippen LogP contribution is -2.25. The molecule has 0 unspecified atom stereocenters. The number of carbonyl (C=O) groups excluding carboxylic acids is 2. The van der Waals surface area contributed by atoms with Crippen LogP contribution < -0.4 is 16.2 Å². The van der Waals surface area contributed by atoms with Gasteiger partial charge in [-0.25, -0.2) is 4.98 Å². The summed E-state index contributed by atoms with van der Waals surface area (Å²) in [4.78, 5) is 53.4. The number of amides is 2. The van der Waals surface area contributed by atoms with Crippen molar-refractivity contribution in [2.24, 2.45) is 0 Å². The Labute approximate surface area is 152 Å². The topological polar surface area (TPSA) is 141 Å². The van der Waals surface area contributed by atoms with E-state index in [0.29, 0.717) is 5.56 Å². The molecular weight excluding hydrogens is 360 g/mol. The Balaban J connectivity index is 2.38. The Morgan fingerprint density at radius 3 is 2.42 bits per heavy atom. The smallest absolute Gasteiger partial charge is 0.316 e. The molecule has 0 radical (unpaired) electrons. The number of carbonyl (C=O) groups is 3. The first-order chi connectivity index (χ1) is 12.3. The predicted molar refractivity (Wildman–Crippen MR) is 96.5 cm³/mol. The fourth-order valence-corrected chi connectivity index (χ4v) is 2.61. The third-order valence-corrected chi connectivity index (χ3v) is 4.07. The van der Waals surface area contributed by atoms with Crippen LogP contribution in [0.5, 0.6) is 0 Å². The molecule has 0 saturated heterocycles. The van der Waals surface area contributed by atoms with Crippen molar-refractivity contribution in [2.75, 3.05) is 10.6 Å². The minimum atomic E-state index is -1.08. The minimum absolute atomic E-state index is 0.00589. The van der Waals surface area contributed by atoms with Crippen LogP contribution in [0, 0.1) is 0 Å². The van der Waals surface area contributed by atoms with Crippen LogP contribution in [0.1, 0.15) is 24.2 Å². The van der Waals surface area contributed by atoms with Crippen LogP contribution in [0.3, 0.4) is 0 Å². The van der Waals surface area contributed by atoms with Crippen molar-refractivity contribution >= 4 is 41.1 Å². The van der Waals surface area contributed by atoms with E-state index in [4.69, 9.17) is 5.11 Å². The molecule has 136 valence electrons. The molecule has 1 heterocycles. The molecule has 0 spiro atoms. The summed E-state index contributed by atoms with van der Waals surface area (Å²) in [6, 6.07) is 8.20. The molecule has 1 aromatic heterocycles. The second-order valence-electron chi connectivity index (χ2n) is 5.19. The number of hydrogen-bond donors (Lipinski definition) is 4. The normalized spacial score (nSPS) is 11.5. The molecule has 26 heavy (non-hydrogen) atoms. The summed E-state index contributed by atoms with van der Waals surface area (Å²) < 4.78 is 0. The molecule has 1 atom stereocenters. The quantitative estimate of drug-likeness (QED) is 0.443. The number of aromatic amines is 1. The highest BCUT2D eigenvalue weighted by Crippen LogP contribution is 2.23. The predicted octanol–water partition coefficient (Wildman–Crippen LogP) is 1.55. The number of benzene rings is 1. The lowest BCUT2D eigenvalue weighted by atomic mass is 10.2. The molecule has 1 aromatic carbocycles. The molecule has 2 aromatic rings. The van der Waals surface area contributed by atoms with E-state index in [9.17, 15) is 19.2 Å². The number of carboxylic acid groups (broad SMARTS) is 1. The van der Waals surface area contributed by atoms with Gasteiger partial charge in [0.2, 0.25) is 5.91 Å². The third kappa shape index (κ3) is 4.93. The van der Waals surface area contributed by atoms with Gasteiger partial charge in [-0.15, -0.1) is 0 Å². The molecule has 2 amide bonds. The highest BCUT2D eigenvalue weighted by molar-refractivity contribution is 8.00. The number of H-pyrrole nitrogens is 1. The van der Waals surface area contributed by atoms with E-state index in [2.05, 4.69) is 20.6 Å². The standard InChI is InChI=1S/C16H16N4O5S/c1-8(15(24)25)26-16-19-12(17-9(2)21)11(14(23)20-16)18-13(22)10-6-4-3-5-7-10/h3-8H,1-2H3,(H,18,22)(H,24,25)(H2,17,19,20,21,23)/t8-/m1/s1. The van der Waals surface area contributed by atoms with Gasteiger partial charge in [-0.1, -0.05) is 30.0 Å². The zero-order valence-corrected chi connectivity index (χ0v) is 14.7. The van der Waals surface area contributed by atoms with Crippen LogP contribution in [-0.4, -0.2) is 38.1 Å². The molecular formula is C16H16N4O5S. The average molecular weight is 376 g/mol. The highest BCUT2D eigenvalue weighted by atomic mass is 32.2. The Morgan fingerprint density at radius 2 is 1.85 bits per heavy atom. The monoisotopic (exact) mass is 376 g/mol. The van der Waals surface area contributed by atoms with E-state index >= 15 is 0 Å². The van der Waals surface area contributed by atoms with Gasteiger partial charge < -0.3 is 15.7 Å². The Morgan fingerprint density at radius 1 is 1.19 bits per heavy atom. The lowest BCUT2D eigenvalue weighted by Gasteiger charge is -2.12. The fourth-order valence-electron chi connectivity index (χ4n) is 1.87. The van der Waals surface area contributed by atoms with Crippen molar-refractivity contribution in [3.8, 4) is 0 Å². The van der Waals surface area contributed by atoms with Gasteiger partial charge in [-0.2, -0.15) is 0 Å². The van der Waals surface area contributed by atoms with Crippen molar-refractivity contribution in [1.29, 1.82) is 0 Å². The largest absolute Gasteiger partial charge is 0.480 e. The van der Waals surface area contributed by atoms with Crippen molar-refractivity contribution in [2.45, 2.75) is 24.3 Å². The van der Waals surface area contributed by atoms with E-state index < -0.39 is 28.6 Å². The van der Waals surface area contributed by atoms with Crippen LogP contribution in [0.4, 0.5) is 11.5 Å². The summed E-state index contributed by atoms with van der Waals surface area (Å²) in [5.41, 5.74) is -0.631. The van der Waals surface area contributed by atoms with E-state index in [1.165, 1.54) is 13.8 Å². The van der Waals surface area contributed by atoms with Crippen molar-refractivity contribution < 1.29 is 19.5 Å². The zero-order valence-electron chi connectivity index (χ0n) is 13.9. The van der Waals surface area contributed by atoms with E-state index in [-0.39, 0.29) is 16.7 Å². The third-order valence-electron chi connectivity index (χ3n) is 3.10. The highest BCUT2D eigenvalue weighted by Gasteiger charge is 2.19. The van der Waals surface area contributed by atoms with Crippen molar-refractivity contribution in [3.63, 3.8) is 0 Å². The second-order valence-corrected chi connectivity index (χ2v) is 6.52. The van der Waals surface area contributed by atoms with Gasteiger partial charge in [0.15, 0.2) is 16.7 Å². The van der Waals surface area contributed by atoms with Gasteiger partial charge >= 0.3 is 5.97 Å². The van der Waals surface area contributed by atoms with Gasteiger partial charge in [0.1, 0.15) is 5.25 Å². The van der Waals surface area contributed by atoms with Gasteiger partial charge in [0.25, 0.3) is 11.5 Å². The molecule has 10 heteroatoms. The van der Waals surface area contributed by atoms with Crippen molar-refractivity contribution in [3.05, 3.63) is 46.2 Å².